The summed E-state index contributed by atoms with van der Waals surface area (Å²) in [6.07, 6.45) is 5.37. The lowest BCUT2D eigenvalue weighted by atomic mass is 9.79. The molecule has 2 aromatic rings. The molecule has 1 atom stereocenters. The monoisotopic (exact) mass is 381 g/mol. The van der Waals surface area contributed by atoms with Gasteiger partial charge in [-0.05, 0) is 56.4 Å². The van der Waals surface area contributed by atoms with Gasteiger partial charge in [0.2, 0.25) is 0 Å². The molecule has 2 aliphatic rings. The first-order chi connectivity index (χ1) is 13.6. The van der Waals surface area contributed by atoms with Crippen LogP contribution in [0.2, 0.25) is 0 Å². The summed E-state index contributed by atoms with van der Waals surface area (Å²) in [5.74, 6) is 0.468. The number of likely N-dealkylation sites (tertiary alicyclic amines) is 1. The summed E-state index contributed by atoms with van der Waals surface area (Å²) in [6.45, 7) is 7.23. The molecule has 6 heteroatoms. The van der Waals surface area contributed by atoms with E-state index in [2.05, 4.69) is 9.97 Å². The van der Waals surface area contributed by atoms with Crippen molar-refractivity contribution in [1.29, 1.82) is 0 Å². The predicted octanol–water partition coefficient (Wildman–Crippen LogP) is 2.93. The molecular weight excluding hydrogens is 354 g/mol. The Labute approximate surface area is 165 Å². The maximum absolute atomic E-state index is 12.7. The molecule has 28 heavy (non-hydrogen) atoms. The van der Waals surface area contributed by atoms with E-state index in [4.69, 9.17) is 9.47 Å². The number of aryl methyl sites for hydroxylation is 2. The lowest BCUT2D eigenvalue weighted by Gasteiger charge is -2.50. The highest BCUT2D eigenvalue weighted by Crippen LogP contribution is 2.42. The molecule has 4 rings (SSSR count). The van der Waals surface area contributed by atoms with Crippen LogP contribution in [0.4, 0.5) is 0 Å². The van der Waals surface area contributed by atoms with Crippen LogP contribution in [0.25, 0.3) is 0 Å². The Hall–Kier alpha value is -2.31. The minimum Gasteiger partial charge on any atom is -0.375 e. The molecule has 2 aromatic heterocycles. The second-order valence-corrected chi connectivity index (χ2v) is 7.92. The van der Waals surface area contributed by atoms with Gasteiger partial charge < -0.3 is 14.4 Å². The quantitative estimate of drug-likeness (QED) is 0.720. The molecule has 2 saturated heterocycles. The predicted molar refractivity (Wildman–Crippen MR) is 105 cm³/mol. The van der Waals surface area contributed by atoms with Gasteiger partial charge >= 0.3 is 0 Å². The van der Waals surface area contributed by atoms with Crippen LogP contribution in [-0.2, 0) is 16.1 Å². The Bertz CT molecular complexity index is 848. The molecule has 0 radical (unpaired) electrons. The van der Waals surface area contributed by atoms with Crippen LogP contribution in [0.1, 0.15) is 40.2 Å². The Morgan fingerprint density at radius 2 is 2.18 bits per heavy atom. The number of amides is 1. The number of carbonyl (C=O) groups is 1. The number of ether oxygens (including phenoxy) is 2. The smallest absolute Gasteiger partial charge is 0.255 e. The zero-order valence-corrected chi connectivity index (χ0v) is 16.6. The minimum absolute atomic E-state index is 0.0397. The average Bonchev–Trinajstić information content (AvgIpc) is 3.07. The van der Waals surface area contributed by atoms with Gasteiger partial charge in [-0.1, -0.05) is 6.07 Å². The maximum atomic E-state index is 12.7. The molecule has 2 aliphatic heterocycles. The van der Waals surface area contributed by atoms with E-state index in [-0.39, 0.29) is 11.5 Å². The van der Waals surface area contributed by atoms with Crippen LogP contribution in [0.3, 0.4) is 0 Å². The minimum atomic E-state index is -0.197. The Morgan fingerprint density at radius 1 is 1.32 bits per heavy atom. The summed E-state index contributed by atoms with van der Waals surface area (Å²) in [5, 5.41) is 0. The van der Waals surface area contributed by atoms with Crippen LogP contribution in [0.15, 0.2) is 36.7 Å². The van der Waals surface area contributed by atoms with Crippen LogP contribution in [0.5, 0.6) is 0 Å². The molecule has 1 spiro atoms. The van der Waals surface area contributed by atoms with Gasteiger partial charge in [0.05, 0.1) is 31.0 Å². The van der Waals surface area contributed by atoms with Crippen LogP contribution in [-0.4, -0.2) is 52.7 Å². The third-order valence-electron chi connectivity index (χ3n) is 5.73. The fourth-order valence-corrected chi connectivity index (χ4v) is 4.22. The fourth-order valence-electron chi connectivity index (χ4n) is 4.22. The number of hydrogen-bond acceptors (Lipinski definition) is 5. The second-order valence-electron chi connectivity index (χ2n) is 7.92. The number of rotatable bonds is 6. The van der Waals surface area contributed by atoms with Crippen molar-refractivity contribution >= 4 is 5.91 Å². The van der Waals surface area contributed by atoms with E-state index in [1.807, 2.05) is 43.0 Å². The third kappa shape index (κ3) is 3.93. The summed E-state index contributed by atoms with van der Waals surface area (Å²) in [6, 6.07) is 7.87. The first kappa shape index (κ1) is 19.0. The van der Waals surface area contributed by atoms with Crippen molar-refractivity contribution in [3.05, 3.63) is 59.2 Å². The standard InChI is InChI=1S/C22H27N3O3/c1-16-10-18(12-23-11-16)21(26)25-14-22(15-25)19(7-9-28-22)6-8-27-13-20-5-3-4-17(2)24-20/h3-5,10-12,19H,6-9,13-15H2,1-2H3. The number of aromatic nitrogens is 2. The van der Waals surface area contributed by atoms with E-state index in [9.17, 15) is 4.79 Å². The number of carbonyl (C=O) groups excluding carboxylic acids is 1. The normalized spacial score (nSPS) is 20.4. The number of nitrogens with zero attached hydrogens (tertiary/aromatic N) is 3. The van der Waals surface area contributed by atoms with Gasteiger partial charge in [-0.3, -0.25) is 14.8 Å². The van der Waals surface area contributed by atoms with Crippen LogP contribution in [0, 0.1) is 19.8 Å². The van der Waals surface area contributed by atoms with Gasteiger partial charge in [0, 0.05) is 31.3 Å². The lowest BCUT2D eigenvalue weighted by Crippen LogP contribution is -2.66. The first-order valence-corrected chi connectivity index (χ1v) is 9.91. The summed E-state index contributed by atoms with van der Waals surface area (Å²) >= 11 is 0. The molecule has 0 aliphatic carbocycles. The largest absolute Gasteiger partial charge is 0.375 e. The van der Waals surface area contributed by atoms with Crippen molar-refractivity contribution in [3.63, 3.8) is 0 Å². The Kier molecular flexibility index (Phi) is 5.42. The molecule has 4 heterocycles. The van der Waals surface area contributed by atoms with Crippen molar-refractivity contribution in [3.8, 4) is 0 Å². The number of hydrogen-bond donors (Lipinski definition) is 0. The number of pyridine rings is 2. The highest BCUT2D eigenvalue weighted by Gasteiger charge is 2.54. The molecule has 0 bridgehead atoms. The van der Waals surface area contributed by atoms with Crippen molar-refractivity contribution in [2.45, 2.75) is 38.9 Å². The molecule has 2 fully saturated rings. The van der Waals surface area contributed by atoms with Crippen molar-refractivity contribution in [2.24, 2.45) is 5.92 Å². The maximum Gasteiger partial charge on any atom is 0.255 e. The Balaban J connectivity index is 1.27. The van der Waals surface area contributed by atoms with Crippen molar-refractivity contribution in [1.82, 2.24) is 14.9 Å². The first-order valence-electron chi connectivity index (χ1n) is 9.91. The van der Waals surface area contributed by atoms with Crippen molar-refractivity contribution < 1.29 is 14.3 Å². The SMILES string of the molecule is Cc1cncc(C(=O)N2CC3(C2)OCCC3CCOCc2cccc(C)n2)c1. The molecule has 1 unspecified atom stereocenters. The Morgan fingerprint density at radius 3 is 2.96 bits per heavy atom. The average molecular weight is 381 g/mol. The summed E-state index contributed by atoms with van der Waals surface area (Å²) in [5.41, 5.74) is 3.42. The van der Waals surface area contributed by atoms with E-state index in [1.165, 1.54) is 0 Å². The van der Waals surface area contributed by atoms with Crippen molar-refractivity contribution in [2.75, 3.05) is 26.3 Å². The molecule has 0 saturated carbocycles. The van der Waals surface area contributed by atoms with E-state index in [1.54, 1.807) is 12.4 Å². The van der Waals surface area contributed by atoms with E-state index >= 15 is 0 Å². The highest BCUT2D eigenvalue weighted by atomic mass is 16.5. The summed E-state index contributed by atoms with van der Waals surface area (Å²) in [4.78, 5) is 23.1. The molecule has 1 amide bonds. The zero-order valence-electron chi connectivity index (χ0n) is 16.6. The highest BCUT2D eigenvalue weighted by molar-refractivity contribution is 5.94. The van der Waals surface area contributed by atoms with Crippen LogP contribution < -0.4 is 0 Å². The topological polar surface area (TPSA) is 64.6 Å². The van der Waals surface area contributed by atoms with Crippen LogP contribution >= 0.6 is 0 Å². The molecule has 0 N–H and O–H groups in total. The molecule has 148 valence electrons. The molecule has 0 aromatic carbocycles. The van der Waals surface area contributed by atoms with Gasteiger partial charge in [0.1, 0.15) is 5.60 Å². The lowest BCUT2D eigenvalue weighted by molar-refractivity contribution is -0.120. The summed E-state index contributed by atoms with van der Waals surface area (Å²) < 4.78 is 11.9. The van der Waals surface area contributed by atoms with E-state index in [0.29, 0.717) is 37.8 Å². The fraction of sp³-hybridized carbons (Fsp3) is 0.500. The zero-order chi connectivity index (χ0) is 19.6. The second kappa shape index (κ2) is 7.97. The van der Waals surface area contributed by atoms with Gasteiger partial charge in [-0.2, -0.15) is 0 Å². The molecule has 6 nitrogen and oxygen atoms in total. The molecular formula is C22H27N3O3. The van der Waals surface area contributed by atoms with E-state index < -0.39 is 0 Å². The third-order valence-corrected chi connectivity index (χ3v) is 5.73. The van der Waals surface area contributed by atoms with Gasteiger partial charge in [0.25, 0.3) is 5.91 Å². The van der Waals surface area contributed by atoms with Gasteiger partial charge in [-0.15, -0.1) is 0 Å². The summed E-state index contributed by atoms with van der Waals surface area (Å²) in [7, 11) is 0. The van der Waals surface area contributed by atoms with E-state index in [0.717, 1.165) is 36.4 Å². The van der Waals surface area contributed by atoms with Gasteiger partial charge in [0.15, 0.2) is 0 Å². The van der Waals surface area contributed by atoms with Gasteiger partial charge in [-0.25, -0.2) is 0 Å².